The molecule has 0 bridgehead atoms. The summed E-state index contributed by atoms with van der Waals surface area (Å²) in [5.74, 6) is 1.36. The van der Waals surface area contributed by atoms with Gasteiger partial charge in [-0.2, -0.15) is 0 Å². The van der Waals surface area contributed by atoms with Crippen molar-refractivity contribution in [2.75, 3.05) is 13.2 Å². The molecular weight excluding hydrogens is 236 g/mol. The number of carbonyl (C=O) groups excluding carboxylic acids is 1. The summed E-state index contributed by atoms with van der Waals surface area (Å²) in [6, 6.07) is 8.65. The summed E-state index contributed by atoms with van der Waals surface area (Å²) < 4.78 is 5.35. The number of ether oxygens (including phenoxy) is 1. The van der Waals surface area contributed by atoms with Crippen molar-refractivity contribution in [3.63, 3.8) is 0 Å². The molecule has 1 heterocycles. The molecule has 0 spiro atoms. The molecule has 1 aromatic rings. The predicted molar refractivity (Wildman–Crippen MR) is 75.3 cm³/mol. The number of carbonyl (C=O) groups is 1. The van der Waals surface area contributed by atoms with Crippen LogP contribution in [-0.2, 0) is 16.0 Å². The summed E-state index contributed by atoms with van der Waals surface area (Å²) in [7, 11) is 0. The Hall–Kier alpha value is -1.15. The molecule has 2 aliphatic rings. The van der Waals surface area contributed by atoms with Gasteiger partial charge in [0, 0.05) is 26.1 Å². The molecule has 0 N–H and O–H groups in total. The first-order chi connectivity index (χ1) is 9.33. The van der Waals surface area contributed by atoms with Gasteiger partial charge in [-0.3, -0.25) is 4.79 Å². The van der Waals surface area contributed by atoms with Gasteiger partial charge in [0.2, 0.25) is 0 Å². The zero-order chi connectivity index (χ0) is 13.1. The number of hydrogen-bond donors (Lipinski definition) is 0. The summed E-state index contributed by atoms with van der Waals surface area (Å²) >= 11 is 0. The number of ketones is 1. The molecule has 2 unspecified atom stereocenters. The lowest BCUT2D eigenvalue weighted by atomic mass is 9.79. The van der Waals surface area contributed by atoms with Crippen LogP contribution in [-0.4, -0.2) is 19.0 Å². The average Bonchev–Trinajstić information content (AvgIpc) is 2.92. The zero-order valence-electron chi connectivity index (χ0n) is 11.4. The van der Waals surface area contributed by atoms with Crippen LogP contribution in [0.2, 0.25) is 0 Å². The SMILES string of the molecule is O=C(CC1CCOC1)CC1CCCc2ccccc21. The largest absolute Gasteiger partial charge is 0.381 e. The van der Waals surface area contributed by atoms with E-state index in [0.717, 1.165) is 32.5 Å². The molecule has 1 aliphatic carbocycles. The van der Waals surface area contributed by atoms with E-state index in [1.54, 1.807) is 0 Å². The fourth-order valence-electron chi connectivity index (χ4n) is 3.49. The van der Waals surface area contributed by atoms with Gasteiger partial charge in [-0.15, -0.1) is 0 Å². The summed E-state index contributed by atoms with van der Waals surface area (Å²) in [5.41, 5.74) is 2.88. The Labute approximate surface area is 115 Å². The van der Waals surface area contributed by atoms with E-state index in [1.807, 2.05) is 0 Å². The van der Waals surface area contributed by atoms with E-state index in [0.29, 0.717) is 17.6 Å². The zero-order valence-corrected chi connectivity index (χ0v) is 11.4. The van der Waals surface area contributed by atoms with Crippen LogP contribution in [0, 0.1) is 5.92 Å². The molecule has 19 heavy (non-hydrogen) atoms. The molecule has 1 aromatic carbocycles. The summed E-state index contributed by atoms with van der Waals surface area (Å²) in [6.07, 6.45) is 6.09. The number of benzene rings is 1. The maximum absolute atomic E-state index is 12.2. The summed E-state index contributed by atoms with van der Waals surface area (Å²) in [4.78, 5) is 12.2. The van der Waals surface area contributed by atoms with Crippen LogP contribution in [0.3, 0.4) is 0 Å². The molecule has 1 saturated heterocycles. The smallest absolute Gasteiger partial charge is 0.133 e. The molecule has 2 nitrogen and oxygen atoms in total. The van der Waals surface area contributed by atoms with Gasteiger partial charge in [-0.1, -0.05) is 24.3 Å². The van der Waals surface area contributed by atoms with Crippen LogP contribution in [0.5, 0.6) is 0 Å². The van der Waals surface area contributed by atoms with E-state index in [-0.39, 0.29) is 0 Å². The Morgan fingerprint density at radius 2 is 2.11 bits per heavy atom. The fraction of sp³-hybridized carbons (Fsp3) is 0.588. The van der Waals surface area contributed by atoms with E-state index < -0.39 is 0 Å². The third-order valence-corrected chi connectivity index (χ3v) is 4.51. The Bertz CT molecular complexity index is 446. The van der Waals surface area contributed by atoms with Crippen LogP contribution < -0.4 is 0 Å². The van der Waals surface area contributed by atoms with Crippen LogP contribution in [0.25, 0.3) is 0 Å². The van der Waals surface area contributed by atoms with Crippen LogP contribution in [0.4, 0.5) is 0 Å². The Kier molecular flexibility index (Phi) is 3.97. The number of fused-ring (bicyclic) bond motifs is 1. The molecule has 2 atom stereocenters. The number of hydrogen-bond acceptors (Lipinski definition) is 2. The third-order valence-electron chi connectivity index (χ3n) is 4.51. The topological polar surface area (TPSA) is 26.3 Å². The minimum Gasteiger partial charge on any atom is -0.381 e. The van der Waals surface area contributed by atoms with Gasteiger partial charge in [-0.25, -0.2) is 0 Å². The van der Waals surface area contributed by atoms with E-state index >= 15 is 0 Å². The first-order valence-electron chi connectivity index (χ1n) is 7.50. The molecule has 0 saturated carbocycles. The molecule has 102 valence electrons. The van der Waals surface area contributed by atoms with Crippen LogP contribution in [0.1, 0.15) is 49.1 Å². The first kappa shape index (κ1) is 12.9. The predicted octanol–water partition coefficient (Wildman–Crippen LogP) is 3.49. The third kappa shape index (κ3) is 3.06. The average molecular weight is 258 g/mol. The van der Waals surface area contributed by atoms with E-state index in [2.05, 4.69) is 24.3 Å². The molecule has 2 heteroatoms. The fourth-order valence-corrected chi connectivity index (χ4v) is 3.49. The van der Waals surface area contributed by atoms with E-state index in [1.165, 1.54) is 30.4 Å². The molecule has 0 amide bonds. The number of Topliss-reactive ketones (excluding diaryl/α,β-unsaturated/α-hetero) is 1. The molecule has 0 radical (unpaired) electrons. The standard InChI is InChI=1S/C17H22O2/c18-16(10-13-8-9-19-12-13)11-15-6-3-5-14-4-1-2-7-17(14)15/h1-2,4,7,13,15H,3,5-6,8-12H2. The van der Waals surface area contributed by atoms with Gasteiger partial charge >= 0.3 is 0 Å². The minimum atomic E-state index is 0.428. The molecular formula is C17H22O2. The maximum atomic E-state index is 12.2. The van der Waals surface area contributed by atoms with E-state index in [4.69, 9.17) is 4.74 Å². The monoisotopic (exact) mass is 258 g/mol. The van der Waals surface area contributed by atoms with Crippen molar-refractivity contribution >= 4 is 5.78 Å². The maximum Gasteiger partial charge on any atom is 0.133 e. The highest BCUT2D eigenvalue weighted by atomic mass is 16.5. The highest BCUT2D eigenvalue weighted by Gasteiger charge is 2.24. The van der Waals surface area contributed by atoms with Crippen molar-refractivity contribution < 1.29 is 9.53 Å². The van der Waals surface area contributed by atoms with Crippen molar-refractivity contribution in [2.24, 2.45) is 5.92 Å². The highest BCUT2D eigenvalue weighted by Crippen LogP contribution is 2.34. The lowest BCUT2D eigenvalue weighted by Crippen LogP contribution is -2.16. The van der Waals surface area contributed by atoms with Gasteiger partial charge < -0.3 is 4.74 Å². The van der Waals surface area contributed by atoms with Gasteiger partial charge in [-0.05, 0) is 48.6 Å². The van der Waals surface area contributed by atoms with Crippen molar-refractivity contribution in [2.45, 2.75) is 44.4 Å². The van der Waals surface area contributed by atoms with Crippen molar-refractivity contribution in [1.82, 2.24) is 0 Å². The second kappa shape index (κ2) is 5.87. The van der Waals surface area contributed by atoms with Gasteiger partial charge in [0.1, 0.15) is 5.78 Å². The van der Waals surface area contributed by atoms with Crippen molar-refractivity contribution in [1.29, 1.82) is 0 Å². The highest BCUT2D eigenvalue weighted by molar-refractivity contribution is 5.79. The summed E-state index contributed by atoms with van der Waals surface area (Å²) in [6.45, 7) is 1.62. The number of aryl methyl sites for hydroxylation is 1. The molecule has 1 aliphatic heterocycles. The van der Waals surface area contributed by atoms with Crippen molar-refractivity contribution in [3.8, 4) is 0 Å². The second-order valence-corrected chi connectivity index (χ2v) is 5.96. The Morgan fingerprint density at radius 3 is 2.95 bits per heavy atom. The van der Waals surface area contributed by atoms with Gasteiger partial charge in [0.25, 0.3) is 0 Å². The molecule has 1 fully saturated rings. The van der Waals surface area contributed by atoms with E-state index in [9.17, 15) is 4.79 Å². The molecule has 0 aromatic heterocycles. The first-order valence-corrected chi connectivity index (χ1v) is 7.50. The Morgan fingerprint density at radius 1 is 1.21 bits per heavy atom. The minimum absolute atomic E-state index is 0.428. The van der Waals surface area contributed by atoms with Crippen molar-refractivity contribution in [3.05, 3.63) is 35.4 Å². The lowest BCUT2D eigenvalue weighted by molar-refractivity contribution is -0.120. The summed E-state index contributed by atoms with van der Waals surface area (Å²) in [5, 5.41) is 0. The van der Waals surface area contributed by atoms with Crippen LogP contribution in [0.15, 0.2) is 24.3 Å². The lowest BCUT2D eigenvalue weighted by Gasteiger charge is -2.25. The Balaban J connectivity index is 1.62. The van der Waals surface area contributed by atoms with Gasteiger partial charge in [0.15, 0.2) is 0 Å². The number of rotatable bonds is 4. The van der Waals surface area contributed by atoms with Crippen LogP contribution >= 0.6 is 0 Å². The normalized spacial score (nSPS) is 26.1. The molecule has 3 rings (SSSR count). The quantitative estimate of drug-likeness (QED) is 0.826. The van der Waals surface area contributed by atoms with Gasteiger partial charge in [0.05, 0.1) is 0 Å². The second-order valence-electron chi connectivity index (χ2n) is 5.96.